The zero-order valence-electron chi connectivity index (χ0n) is 12.4. The van der Waals surface area contributed by atoms with Gasteiger partial charge in [0, 0.05) is 12.1 Å². The predicted octanol–water partition coefficient (Wildman–Crippen LogP) is 4.36. The number of hydrogen-bond acceptors (Lipinski definition) is 3. The molecule has 4 heteroatoms. The van der Waals surface area contributed by atoms with Crippen LogP contribution in [0.25, 0.3) is 11.4 Å². The highest BCUT2D eigenvalue weighted by Gasteiger charge is 2.13. The maximum atomic E-state index is 4.74. The molecule has 3 nitrogen and oxygen atoms in total. The van der Waals surface area contributed by atoms with Gasteiger partial charge >= 0.3 is 0 Å². The zero-order chi connectivity index (χ0) is 14.7. The van der Waals surface area contributed by atoms with E-state index in [1.54, 1.807) is 0 Å². The summed E-state index contributed by atoms with van der Waals surface area (Å²) in [6.45, 7) is 9.30. The summed E-state index contributed by atoms with van der Waals surface area (Å²) in [4.78, 5) is 9.44. The lowest BCUT2D eigenvalue weighted by atomic mass is 10.1. The number of aromatic nitrogens is 2. The highest BCUT2D eigenvalue weighted by molar-refractivity contribution is 14.1. The number of hydrogen-bond donors (Lipinski definition) is 1. The van der Waals surface area contributed by atoms with Crippen molar-refractivity contribution in [3.63, 3.8) is 0 Å². The third kappa shape index (κ3) is 3.11. The fourth-order valence-corrected chi connectivity index (χ4v) is 3.01. The van der Waals surface area contributed by atoms with Gasteiger partial charge in [0.2, 0.25) is 0 Å². The van der Waals surface area contributed by atoms with E-state index in [0.29, 0.717) is 0 Å². The average molecular weight is 381 g/mol. The Kier molecular flexibility index (Phi) is 4.96. The van der Waals surface area contributed by atoms with Crippen LogP contribution < -0.4 is 5.32 Å². The van der Waals surface area contributed by atoms with Gasteiger partial charge in [-0.3, -0.25) is 0 Å². The second-order valence-corrected chi connectivity index (χ2v) is 5.94. The van der Waals surface area contributed by atoms with Crippen molar-refractivity contribution >= 4 is 28.4 Å². The Hall–Kier alpha value is -1.17. The van der Waals surface area contributed by atoms with Crippen molar-refractivity contribution in [2.45, 2.75) is 34.1 Å². The molecule has 1 heterocycles. The normalized spacial score (nSPS) is 10.7. The number of benzene rings is 1. The fourth-order valence-electron chi connectivity index (χ4n) is 2.20. The summed E-state index contributed by atoms with van der Waals surface area (Å²) in [5, 5.41) is 3.33. The molecule has 0 spiro atoms. The second kappa shape index (κ2) is 6.52. The van der Waals surface area contributed by atoms with Crippen molar-refractivity contribution < 1.29 is 0 Å². The summed E-state index contributed by atoms with van der Waals surface area (Å²) in [6.07, 6.45) is 0.914. The first-order valence-electron chi connectivity index (χ1n) is 6.94. The third-order valence-corrected chi connectivity index (χ3v) is 4.36. The Morgan fingerprint density at radius 3 is 2.50 bits per heavy atom. The standard InChI is InChI=1S/C16H20IN3/c1-5-13-14(17)16(18-6-2)20-15(19-13)12-8-7-10(3)9-11(12)4/h7-9H,5-6H2,1-4H3,(H,18,19,20). The molecule has 0 amide bonds. The molecule has 0 aliphatic rings. The molecule has 0 radical (unpaired) electrons. The van der Waals surface area contributed by atoms with Crippen molar-refractivity contribution in [2.75, 3.05) is 11.9 Å². The molecule has 0 fully saturated rings. The maximum Gasteiger partial charge on any atom is 0.162 e. The molecule has 0 aliphatic carbocycles. The van der Waals surface area contributed by atoms with E-state index in [4.69, 9.17) is 9.97 Å². The molecule has 0 aliphatic heterocycles. The van der Waals surface area contributed by atoms with E-state index in [0.717, 1.165) is 39.4 Å². The van der Waals surface area contributed by atoms with Crippen molar-refractivity contribution in [1.29, 1.82) is 0 Å². The van der Waals surface area contributed by atoms with Gasteiger partial charge in [-0.25, -0.2) is 9.97 Å². The van der Waals surface area contributed by atoms with Crippen LogP contribution in [0.2, 0.25) is 0 Å². The van der Waals surface area contributed by atoms with Gasteiger partial charge in [0.1, 0.15) is 5.82 Å². The number of nitrogens with zero attached hydrogens (tertiary/aromatic N) is 2. The summed E-state index contributed by atoms with van der Waals surface area (Å²) in [5.41, 5.74) is 4.70. The van der Waals surface area contributed by atoms with Crippen LogP contribution in [0.3, 0.4) is 0 Å². The van der Waals surface area contributed by atoms with Gasteiger partial charge in [0.05, 0.1) is 9.26 Å². The Morgan fingerprint density at radius 1 is 1.15 bits per heavy atom. The average Bonchev–Trinajstić information content (AvgIpc) is 2.41. The molecule has 0 saturated carbocycles. The van der Waals surface area contributed by atoms with Crippen molar-refractivity contribution in [3.8, 4) is 11.4 Å². The zero-order valence-corrected chi connectivity index (χ0v) is 14.6. The molecule has 20 heavy (non-hydrogen) atoms. The van der Waals surface area contributed by atoms with Gasteiger partial charge in [-0.1, -0.05) is 30.7 Å². The minimum absolute atomic E-state index is 0.815. The first kappa shape index (κ1) is 15.2. The van der Waals surface area contributed by atoms with Crippen LogP contribution in [0.5, 0.6) is 0 Å². The number of anilines is 1. The molecule has 1 N–H and O–H groups in total. The molecule has 0 bridgehead atoms. The maximum absolute atomic E-state index is 4.74. The Balaban J connectivity index is 2.58. The van der Waals surface area contributed by atoms with E-state index in [2.05, 4.69) is 73.8 Å². The van der Waals surface area contributed by atoms with Crippen molar-refractivity contribution in [3.05, 3.63) is 38.6 Å². The smallest absolute Gasteiger partial charge is 0.162 e. The molecule has 1 aromatic carbocycles. The Morgan fingerprint density at radius 2 is 1.90 bits per heavy atom. The SMILES string of the molecule is CCNc1nc(-c2ccc(C)cc2C)nc(CC)c1I. The van der Waals surface area contributed by atoms with E-state index in [1.807, 2.05) is 0 Å². The Labute approximate surface area is 134 Å². The van der Waals surface area contributed by atoms with Crippen molar-refractivity contribution in [1.82, 2.24) is 9.97 Å². The van der Waals surface area contributed by atoms with Crippen LogP contribution in [0.15, 0.2) is 18.2 Å². The molecule has 1 aromatic heterocycles. The number of rotatable bonds is 4. The largest absolute Gasteiger partial charge is 0.369 e. The minimum Gasteiger partial charge on any atom is -0.369 e. The van der Waals surface area contributed by atoms with Gasteiger partial charge < -0.3 is 5.32 Å². The molecule has 2 rings (SSSR count). The van der Waals surface area contributed by atoms with Crippen LogP contribution in [-0.2, 0) is 6.42 Å². The molecule has 0 unspecified atom stereocenters. The number of halogens is 1. The lowest BCUT2D eigenvalue weighted by Gasteiger charge is -2.13. The van der Waals surface area contributed by atoms with Gasteiger partial charge in [0.15, 0.2) is 5.82 Å². The molecule has 0 atom stereocenters. The molecular weight excluding hydrogens is 361 g/mol. The summed E-state index contributed by atoms with van der Waals surface area (Å²) in [7, 11) is 0. The van der Waals surface area contributed by atoms with Gasteiger partial charge in [0.25, 0.3) is 0 Å². The van der Waals surface area contributed by atoms with Crippen LogP contribution >= 0.6 is 22.6 Å². The summed E-state index contributed by atoms with van der Waals surface area (Å²) in [6, 6.07) is 6.40. The van der Waals surface area contributed by atoms with Crippen LogP contribution in [-0.4, -0.2) is 16.5 Å². The van der Waals surface area contributed by atoms with Crippen molar-refractivity contribution in [2.24, 2.45) is 0 Å². The van der Waals surface area contributed by atoms with Gasteiger partial charge in [-0.15, -0.1) is 0 Å². The molecular formula is C16H20IN3. The Bertz CT molecular complexity index is 623. The predicted molar refractivity (Wildman–Crippen MR) is 93.2 cm³/mol. The first-order valence-corrected chi connectivity index (χ1v) is 8.02. The molecule has 2 aromatic rings. The lowest BCUT2D eigenvalue weighted by molar-refractivity contribution is 0.981. The van der Waals surface area contributed by atoms with Crippen LogP contribution in [0.1, 0.15) is 30.7 Å². The third-order valence-electron chi connectivity index (χ3n) is 3.22. The van der Waals surface area contributed by atoms with Crippen LogP contribution in [0, 0.1) is 17.4 Å². The van der Waals surface area contributed by atoms with E-state index in [-0.39, 0.29) is 0 Å². The van der Waals surface area contributed by atoms with E-state index in [1.165, 1.54) is 11.1 Å². The number of nitrogens with one attached hydrogen (secondary N) is 1. The minimum atomic E-state index is 0.815. The lowest BCUT2D eigenvalue weighted by Crippen LogP contribution is -2.08. The topological polar surface area (TPSA) is 37.8 Å². The summed E-state index contributed by atoms with van der Waals surface area (Å²) >= 11 is 2.33. The highest BCUT2D eigenvalue weighted by atomic mass is 127. The number of aryl methyl sites for hydroxylation is 3. The van der Waals surface area contributed by atoms with Gasteiger partial charge in [-0.2, -0.15) is 0 Å². The van der Waals surface area contributed by atoms with Gasteiger partial charge in [-0.05, 0) is 55.3 Å². The van der Waals surface area contributed by atoms with E-state index < -0.39 is 0 Å². The summed E-state index contributed by atoms with van der Waals surface area (Å²) < 4.78 is 1.13. The molecule has 106 valence electrons. The highest BCUT2D eigenvalue weighted by Crippen LogP contribution is 2.26. The fraction of sp³-hybridized carbons (Fsp3) is 0.375. The monoisotopic (exact) mass is 381 g/mol. The quantitative estimate of drug-likeness (QED) is 0.800. The van der Waals surface area contributed by atoms with E-state index >= 15 is 0 Å². The molecule has 0 saturated heterocycles. The summed E-state index contributed by atoms with van der Waals surface area (Å²) in [5.74, 6) is 1.76. The van der Waals surface area contributed by atoms with Crippen LogP contribution in [0.4, 0.5) is 5.82 Å². The van der Waals surface area contributed by atoms with E-state index in [9.17, 15) is 0 Å². The second-order valence-electron chi connectivity index (χ2n) is 4.86. The first-order chi connectivity index (χ1) is 9.56.